The van der Waals surface area contributed by atoms with Crippen LogP contribution in [0.4, 0.5) is 0 Å². The highest BCUT2D eigenvalue weighted by Gasteiger charge is 2.17. The van der Waals surface area contributed by atoms with Gasteiger partial charge in [0.05, 0.1) is 0 Å². The molecule has 0 aliphatic rings. The fourth-order valence-corrected chi connectivity index (χ4v) is 1.96. The van der Waals surface area contributed by atoms with Crippen molar-refractivity contribution in [3.63, 3.8) is 0 Å². The first-order chi connectivity index (χ1) is 8.10. The monoisotopic (exact) mass is 233 g/mol. The summed E-state index contributed by atoms with van der Waals surface area (Å²) in [4.78, 5) is 0. The maximum absolute atomic E-state index is 3.19. The Labute approximate surface area is 107 Å². The molecule has 1 aromatic rings. The molecule has 0 aliphatic carbocycles. The standard InChI is InChI=1S/C16H27N/c1-5-16(2,3)15-11-9-14(10-12-15)8-6-7-13-17-4/h9-12,17H,5-8,13H2,1-4H3. The van der Waals surface area contributed by atoms with Gasteiger partial charge in [-0.2, -0.15) is 0 Å². The van der Waals surface area contributed by atoms with E-state index in [1.165, 1.54) is 36.8 Å². The molecule has 0 aliphatic heterocycles. The molecule has 0 spiro atoms. The van der Waals surface area contributed by atoms with Crippen molar-refractivity contribution in [3.8, 4) is 0 Å². The molecule has 0 aromatic heterocycles. The average molecular weight is 233 g/mol. The van der Waals surface area contributed by atoms with Gasteiger partial charge in [-0.25, -0.2) is 0 Å². The molecule has 0 bridgehead atoms. The van der Waals surface area contributed by atoms with E-state index in [1.54, 1.807) is 0 Å². The second-order valence-electron chi connectivity index (χ2n) is 5.50. The van der Waals surface area contributed by atoms with E-state index >= 15 is 0 Å². The van der Waals surface area contributed by atoms with Crippen LogP contribution in [0.1, 0.15) is 51.2 Å². The fourth-order valence-electron chi connectivity index (χ4n) is 1.96. The summed E-state index contributed by atoms with van der Waals surface area (Å²) in [7, 11) is 2.02. The molecule has 1 rings (SSSR count). The van der Waals surface area contributed by atoms with Gasteiger partial charge in [0.15, 0.2) is 0 Å². The van der Waals surface area contributed by atoms with Gasteiger partial charge in [0.1, 0.15) is 0 Å². The Bertz CT molecular complexity index is 311. The molecule has 0 saturated carbocycles. The Morgan fingerprint density at radius 2 is 1.71 bits per heavy atom. The summed E-state index contributed by atoms with van der Waals surface area (Å²) < 4.78 is 0. The zero-order chi connectivity index (χ0) is 12.7. The summed E-state index contributed by atoms with van der Waals surface area (Å²) in [6.45, 7) is 8.01. The Hall–Kier alpha value is -0.820. The molecule has 0 atom stereocenters. The normalized spacial score (nSPS) is 11.8. The van der Waals surface area contributed by atoms with E-state index in [9.17, 15) is 0 Å². The van der Waals surface area contributed by atoms with Crippen molar-refractivity contribution in [1.82, 2.24) is 5.32 Å². The summed E-state index contributed by atoms with van der Waals surface area (Å²) in [6, 6.07) is 9.20. The van der Waals surface area contributed by atoms with E-state index in [4.69, 9.17) is 0 Å². The summed E-state index contributed by atoms with van der Waals surface area (Å²) in [6.07, 6.45) is 4.93. The average Bonchev–Trinajstić information content (AvgIpc) is 2.35. The van der Waals surface area contributed by atoms with E-state index in [-0.39, 0.29) is 0 Å². The van der Waals surface area contributed by atoms with Gasteiger partial charge < -0.3 is 5.32 Å². The predicted molar refractivity (Wildman–Crippen MR) is 76.6 cm³/mol. The van der Waals surface area contributed by atoms with E-state index < -0.39 is 0 Å². The molecule has 1 aromatic carbocycles. The molecular formula is C16H27N. The quantitative estimate of drug-likeness (QED) is 0.704. The fraction of sp³-hybridized carbons (Fsp3) is 0.625. The van der Waals surface area contributed by atoms with Crippen LogP contribution in [-0.4, -0.2) is 13.6 Å². The molecule has 1 heteroatoms. The van der Waals surface area contributed by atoms with Crippen molar-refractivity contribution in [1.29, 1.82) is 0 Å². The number of nitrogens with one attached hydrogen (secondary N) is 1. The number of hydrogen-bond donors (Lipinski definition) is 1. The molecule has 17 heavy (non-hydrogen) atoms. The second kappa shape index (κ2) is 6.80. The van der Waals surface area contributed by atoms with Gasteiger partial charge >= 0.3 is 0 Å². The molecule has 0 radical (unpaired) electrons. The van der Waals surface area contributed by atoms with Crippen LogP contribution in [0.15, 0.2) is 24.3 Å². The van der Waals surface area contributed by atoms with Crippen molar-refractivity contribution >= 4 is 0 Å². The number of benzene rings is 1. The highest BCUT2D eigenvalue weighted by Crippen LogP contribution is 2.26. The number of hydrogen-bond acceptors (Lipinski definition) is 1. The first-order valence-corrected chi connectivity index (χ1v) is 6.84. The van der Waals surface area contributed by atoms with Crippen LogP contribution >= 0.6 is 0 Å². The number of aryl methyl sites for hydroxylation is 1. The van der Waals surface area contributed by atoms with Crippen molar-refractivity contribution in [2.24, 2.45) is 0 Å². The van der Waals surface area contributed by atoms with Gasteiger partial charge in [-0.3, -0.25) is 0 Å². The Balaban J connectivity index is 2.50. The van der Waals surface area contributed by atoms with Gasteiger partial charge in [0.25, 0.3) is 0 Å². The largest absolute Gasteiger partial charge is 0.320 e. The third-order valence-electron chi connectivity index (χ3n) is 3.76. The molecule has 0 saturated heterocycles. The Morgan fingerprint density at radius 1 is 1.06 bits per heavy atom. The maximum atomic E-state index is 3.19. The van der Waals surface area contributed by atoms with Crippen LogP contribution in [0.5, 0.6) is 0 Å². The van der Waals surface area contributed by atoms with Gasteiger partial charge in [-0.1, -0.05) is 45.0 Å². The van der Waals surface area contributed by atoms with Crippen molar-refractivity contribution in [2.45, 2.75) is 51.9 Å². The Kier molecular flexibility index (Phi) is 5.70. The lowest BCUT2D eigenvalue weighted by molar-refractivity contribution is 0.506. The van der Waals surface area contributed by atoms with Crippen LogP contribution < -0.4 is 5.32 Å². The minimum atomic E-state index is 0.310. The highest BCUT2D eigenvalue weighted by molar-refractivity contribution is 5.28. The molecule has 1 N–H and O–H groups in total. The molecule has 0 unspecified atom stereocenters. The topological polar surface area (TPSA) is 12.0 Å². The lowest BCUT2D eigenvalue weighted by Crippen LogP contribution is -2.15. The van der Waals surface area contributed by atoms with Crippen LogP contribution in [0.25, 0.3) is 0 Å². The summed E-state index contributed by atoms with van der Waals surface area (Å²) in [5, 5.41) is 3.19. The zero-order valence-corrected chi connectivity index (χ0v) is 11.8. The van der Waals surface area contributed by atoms with Crippen molar-refractivity contribution < 1.29 is 0 Å². The smallest absolute Gasteiger partial charge is 0.00518 e. The molecule has 1 nitrogen and oxygen atoms in total. The van der Waals surface area contributed by atoms with E-state index in [0.717, 1.165) is 6.54 Å². The van der Waals surface area contributed by atoms with Gasteiger partial charge in [0.2, 0.25) is 0 Å². The van der Waals surface area contributed by atoms with Crippen LogP contribution in [0.3, 0.4) is 0 Å². The predicted octanol–water partition coefficient (Wildman–Crippen LogP) is 3.92. The minimum Gasteiger partial charge on any atom is -0.320 e. The SMILES string of the molecule is CCC(C)(C)c1ccc(CCCCNC)cc1. The maximum Gasteiger partial charge on any atom is -0.00518 e. The van der Waals surface area contributed by atoms with Crippen LogP contribution in [0, 0.1) is 0 Å². The number of unbranched alkanes of at least 4 members (excludes halogenated alkanes) is 1. The Morgan fingerprint density at radius 3 is 2.24 bits per heavy atom. The second-order valence-corrected chi connectivity index (χ2v) is 5.50. The number of rotatable bonds is 7. The third-order valence-corrected chi connectivity index (χ3v) is 3.76. The highest BCUT2D eigenvalue weighted by atomic mass is 14.8. The first kappa shape index (κ1) is 14.2. The van der Waals surface area contributed by atoms with Crippen molar-refractivity contribution in [2.75, 3.05) is 13.6 Å². The molecule has 96 valence electrons. The summed E-state index contributed by atoms with van der Waals surface area (Å²) in [5.74, 6) is 0. The van der Waals surface area contributed by atoms with Crippen molar-refractivity contribution in [3.05, 3.63) is 35.4 Å². The lowest BCUT2D eigenvalue weighted by Gasteiger charge is -2.23. The molecule has 0 heterocycles. The van der Waals surface area contributed by atoms with E-state index in [2.05, 4.69) is 50.4 Å². The zero-order valence-electron chi connectivity index (χ0n) is 11.8. The first-order valence-electron chi connectivity index (χ1n) is 6.84. The molecule has 0 amide bonds. The van der Waals surface area contributed by atoms with Gasteiger partial charge in [-0.05, 0) is 55.8 Å². The van der Waals surface area contributed by atoms with Crippen LogP contribution in [-0.2, 0) is 11.8 Å². The third kappa shape index (κ3) is 4.51. The summed E-state index contributed by atoms with van der Waals surface area (Å²) in [5.41, 5.74) is 3.24. The minimum absolute atomic E-state index is 0.310. The molecule has 0 fully saturated rings. The van der Waals surface area contributed by atoms with E-state index in [0.29, 0.717) is 5.41 Å². The van der Waals surface area contributed by atoms with E-state index in [1.807, 2.05) is 7.05 Å². The lowest BCUT2D eigenvalue weighted by atomic mass is 9.82. The van der Waals surface area contributed by atoms with Gasteiger partial charge in [0, 0.05) is 0 Å². The summed E-state index contributed by atoms with van der Waals surface area (Å²) >= 11 is 0. The molecular weight excluding hydrogens is 206 g/mol. The van der Waals surface area contributed by atoms with Gasteiger partial charge in [-0.15, -0.1) is 0 Å². The van der Waals surface area contributed by atoms with Crippen LogP contribution in [0.2, 0.25) is 0 Å².